The lowest BCUT2D eigenvalue weighted by Gasteiger charge is -2.15. The summed E-state index contributed by atoms with van der Waals surface area (Å²) in [5.74, 6) is 1.13. The molecule has 1 aliphatic rings. The highest BCUT2D eigenvalue weighted by atomic mass is 16.5. The summed E-state index contributed by atoms with van der Waals surface area (Å²) in [4.78, 5) is 15.3. The van der Waals surface area contributed by atoms with Gasteiger partial charge in [-0.1, -0.05) is 6.92 Å². The Morgan fingerprint density at radius 3 is 2.43 bits per heavy atom. The molecule has 0 saturated carbocycles. The average Bonchev–Trinajstić information content (AvgIpc) is 2.99. The summed E-state index contributed by atoms with van der Waals surface area (Å²) in [6, 6.07) is 0.381. The highest BCUT2D eigenvalue weighted by Gasteiger charge is 2.11. The molecule has 7 nitrogen and oxygen atoms in total. The van der Waals surface area contributed by atoms with Crippen molar-refractivity contribution in [3.63, 3.8) is 0 Å². The summed E-state index contributed by atoms with van der Waals surface area (Å²) in [5.41, 5.74) is 0. The third kappa shape index (κ3) is 5.34. The van der Waals surface area contributed by atoms with Crippen molar-refractivity contribution in [3.05, 3.63) is 0 Å². The molecule has 118 valence electrons. The molecule has 2 rings (SSSR count). The van der Waals surface area contributed by atoms with Crippen molar-refractivity contribution in [2.24, 2.45) is 0 Å². The second kappa shape index (κ2) is 8.61. The minimum absolute atomic E-state index is 0.381. The quantitative estimate of drug-likeness (QED) is 0.716. The SMILES string of the molecule is CCCOc1nc(NCC)nc(NCCN2CCCC2)n1. The Labute approximate surface area is 126 Å². The predicted octanol–water partition coefficient (Wildman–Crippen LogP) is 1.60. The zero-order chi connectivity index (χ0) is 14.9. The second-order valence-corrected chi connectivity index (χ2v) is 5.12. The molecule has 0 aliphatic carbocycles. The Morgan fingerprint density at radius 2 is 1.76 bits per heavy atom. The maximum atomic E-state index is 5.51. The molecule has 21 heavy (non-hydrogen) atoms. The summed E-state index contributed by atoms with van der Waals surface area (Å²) in [7, 11) is 0. The van der Waals surface area contributed by atoms with Gasteiger partial charge in [0.2, 0.25) is 11.9 Å². The number of ether oxygens (including phenoxy) is 1. The smallest absolute Gasteiger partial charge is 0.323 e. The Kier molecular flexibility index (Phi) is 6.46. The topological polar surface area (TPSA) is 75.2 Å². The molecule has 1 aliphatic heterocycles. The normalized spacial score (nSPS) is 15.1. The molecule has 0 spiro atoms. The van der Waals surface area contributed by atoms with Gasteiger partial charge in [-0.2, -0.15) is 15.0 Å². The average molecular weight is 294 g/mol. The van der Waals surface area contributed by atoms with Gasteiger partial charge in [-0.3, -0.25) is 0 Å². The van der Waals surface area contributed by atoms with Gasteiger partial charge in [0.15, 0.2) is 0 Å². The molecule has 0 aromatic carbocycles. The van der Waals surface area contributed by atoms with Crippen molar-refractivity contribution in [2.75, 3.05) is 50.0 Å². The number of anilines is 2. The number of nitrogens with one attached hydrogen (secondary N) is 2. The van der Waals surface area contributed by atoms with E-state index in [4.69, 9.17) is 4.74 Å². The van der Waals surface area contributed by atoms with Crippen LogP contribution >= 0.6 is 0 Å². The van der Waals surface area contributed by atoms with E-state index in [2.05, 4.69) is 37.4 Å². The van der Waals surface area contributed by atoms with E-state index in [-0.39, 0.29) is 0 Å². The predicted molar refractivity (Wildman–Crippen MR) is 83.9 cm³/mol. The minimum Gasteiger partial charge on any atom is -0.463 e. The van der Waals surface area contributed by atoms with E-state index in [0.29, 0.717) is 24.5 Å². The van der Waals surface area contributed by atoms with Gasteiger partial charge in [-0.25, -0.2) is 0 Å². The van der Waals surface area contributed by atoms with Gasteiger partial charge in [0, 0.05) is 19.6 Å². The van der Waals surface area contributed by atoms with Crippen molar-refractivity contribution in [2.45, 2.75) is 33.1 Å². The molecule has 0 amide bonds. The highest BCUT2D eigenvalue weighted by molar-refractivity contribution is 5.35. The van der Waals surface area contributed by atoms with Crippen LogP contribution in [0.2, 0.25) is 0 Å². The number of hydrogen-bond acceptors (Lipinski definition) is 7. The van der Waals surface area contributed by atoms with Crippen molar-refractivity contribution in [1.29, 1.82) is 0 Å². The third-order valence-corrected chi connectivity index (χ3v) is 3.29. The van der Waals surface area contributed by atoms with E-state index < -0.39 is 0 Å². The number of aromatic nitrogens is 3. The van der Waals surface area contributed by atoms with E-state index in [1.807, 2.05) is 6.92 Å². The number of hydrogen-bond donors (Lipinski definition) is 2. The Bertz CT molecular complexity index is 422. The highest BCUT2D eigenvalue weighted by Crippen LogP contribution is 2.12. The van der Waals surface area contributed by atoms with Crippen molar-refractivity contribution < 1.29 is 4.74 Å². The third-order valence-electron chi connectivity index (χ3n) is 3.29. The Balaban J connectivity index is 1.90. The van der Waals surface area contributed by atoms with Crippen LogP contribution in [0.1, 0.15) is 33.1 Å². The largest absolute Gasteiger partial charge is 0.463 e. The molecule has 2 heterocycles. The van der Waals surface area contributed by atoms with Crippen molar-refractivity contribution >= 4 is 11.9 Å². The molecule has 0 radical (unpaired) electrons. The van der Waals surface area contributed by atoms with E-state index in [9.17, 15) is 0 Å². The van der Waals surface area contributed by atoms with E-state index in [1.54, 1.807) is 0 Å². The Morgan fingerprint density at radius 1 is 1.05 bits per heavy atom. The fourth-order valence-corrected chi connectivity index (χ4v) is 2.26. The fraction of sp³-hybridized carbons (Fsp3) is 0.786. The first-order chi connectivity index (χ1) is 10.3. The zero-order valence-corrected chi connectivity index (χ0v) is 13.1. The summed E-state index contributed by atoms with van der Waals surface area (Å²) < 4.78 is 5.51. The van der Waals surface area contributed by atoms with Crippen LogP contribution in [0.4, 0.5) is 11.9 Å². The van der Waals surface area contributed by atoms with Crippen LogP contribution in [0.15, 0.2) is 0 Å². The number of rotatable bonds is 9. The van der Waals surface area contributed by atoms with Crippen LogP contribution in [-0.2, 0) is 0 Å². The molecular weight excluding hydrogens is 268 g/mol. The molecule has 2 N–H and O–H groups in total. The molecule has 0 unspecified atom stereocenters. The maximum Gasteiger partial charge on any atom is 0.323 e. The summed E-state index contributed by atoms with van der Waals surface area (Å²) >= 11 is 0. The van der Waals surface area contributed by atoms with Crippen LogP contribution in [0.5, 0.6) is 6.01 Å². The Hall–Kier alpha value is -1.63. The first-order valence-electron chi connectivity index (χ1n) is 7.90. The fourth-order valence-electron chi connectivity index (χ4n) is 2.26. The van der Waals surface area contributed by atoms with Crippen molar-refractivity contribution in [3.8, 4) is 6.01 Å². The maximum absolute atomic E-state index is 5.51. The van der Waals surface area contributed by atoms with Crippen LogP contribution < -0.4 is 15.4 Å². The van der Waals surface area contributed by atoms with Gasteiger partial charge >= 0.3 is 6.01 Å². The van der Waals surface area contributed by atoms with Gasteiger partial charge in [0.1, 0.15) is 0 Å². The summed E-state index contributed by atoms with van der Waals surface area (Å²) in [5, 5.41) is 6.37. The lowest BCUT2D eigenvalue weighted by molar-refractivity contribution is 0.292. The van der Waals surface area contributed by atoms with Gasteiger partial charge in [0.25, 0.3) is 0 Å². The van der Waals surface area contributed by atoms with Gasteiger partial charge < -0.3 is 20.3 Å². The van der Waals surface area contributed by atoms with Gasteiger partial charge in [0.05, 0.1) is 6.61 Å². The summed E-state index contributed by atoms with van der Waals surface area (Å²) in [6.07, 6.45) is 3.55. The molecule has 1 aromatic heterocycles. The van der Waals surface area contributed by atoms with E-state index in [0.717, 1.165) is 26.1 Å². The van der Waals surface area contributed by atoms with Crippen LogP contribution in [0.3, 0.4) is 0 Å². The van der Waals surface area contributed by atoms with Gasteiger partial charge in [-0.15, -0.1) is 0 Å². The molecular formula is C14H26N6O. The van der Waals surface area contributed by atoms with E-state index >= 15 is 0 Å². The first-order valence-corrected chi connectivity index (χ1v) is 7.90. The first kappa shape index (κ1) is 15.8. The molecule has 1 saturated heterocycles. The standard InChI is InChI=1S/C14H26N6O/c1-3-11-21-14-18-12(15-4-2)17-13(19-14)16-7-10-20-8-5-6-9-20/h3-11H2,1-2H3,(H2,15,16,17,18,19). The molecule has 0 bridgehead atoms. The lowest BCUT2D eigenvalue weighted by atomic mass is 10.4. The van der Waals surface area contributed by atoms with Crippen molar-refractivity contribution in [1.82, 2.24) is 19.9 Å². The number of nitrogens with zero attached hydrogens (tertiary/aromatic N) is 4. The second-order valence-electron chi connectivity index (χ2n) is 5.12. The molecule has 1 fully saturated rings. The molecule has 0 atom stereocenters. The van der Waals surface area contributed by atoms with Crippen LogP contribution in [-0.4, -0.2) is 59.2 Å². The molecule has 7 heteroatoms. The molecule has 1 aromatic rings. The van der Waals surface area contributed by atoms with Gasteiger partial charge in [-0.05, 0) is 39.3 Å². The lowest BCUT2D eigenvalue weighted by Crippen LogP contribution is -2.26. The monoisotopic (exact) mass is 294 g/mol. The zero-order valence-electron chi connectivity index (χ0n) is 13.1. The number of likely N-dealkylation sites (tertiary alicyclic amines) is 1. The van der Waals surface area contributed by atoms with Crippen LogP contribution in [0, 0.1) is 0 Å². The minimum atomic E-state index is 0.381. The van der Waals surface area contributed by atoms with Crippen LogP contribution in [0.25, 0.3) is 0 Å². The summed E-state index contributed by atoms with van der Waals surface area (Å²) in [6.45, 7) is 9.71. The van der Waals surface area contributed by atoms with E-state index in [1.165, 1.54) is 25.9 Å².